The number of benzene rings is 1. The molecule has 142 valence electrons. The van der Waals surface area contributed by atoms with Crippen LogP contribution >= 0.6 is 24.0 Å². The van der Waals surface area contributed by atoms with E-state index in [1.54, 1.807) is 6.26 Å². The van der Waals surface area contributed by atoms with E-state index in [9.17, 15) is 0 Å². The highest BCUT2D eigenvalue weighted by molar-refractivity contribution is 14.0. The molecular formula is C19H27IN4O2. The van der Waals surface area contributed by atoms with Gasteiger partial charge in [0.1, 0.15) is 5.76 Å². The van der Waals surface area contributed by atoms with Crippen LogP contribution in [0.3, 0.4) is 0 Å². The molecule has 1 aromatic heterocycles. The zero-order valence-electron chi connectivity index (χ0n) is 15.1. The van der Waals surface area contributed by atoms with Crippen molar-refractivity contribution >= 4 is 29.9 Å². The number of morpholine rings is 1. The van der Waals surface area contributed by atoms with Crippen molar-refractivity contribution in [1.29, 1.82) is 0 Å². The fourth-order valence-corrected chi connectivity index (χ4v) is 2.94. The van der Waals surface area contributed by atoms with Gasteiger partial charge >= 0.3 is 0 Å². The predicted molar refractivity (Wildman–Crippen MR) is 113 cm³/mol. The summed E-state index contributed by atoms with van der Waals surface area (Å²) in [5.74, 6) is 1.57. The summed E-state index contributed by atoms with van der Waals surface area (Å²) < 4.78 is 10.8. The van der Waals surface area contributed by atoms with Crippen molar-refractivity contribution in [1.82, 2.24) is 9.80 Å². The van der Waals surface area contributed by atoms with E-state index in [1.165, 1.54) is 11.1 Å². The number of guanidine groups is 1. The van der Waals surface area contributed by atoms with Crippen LogP contribution in [0.25, 0.3) is 0 Å². The van der Waals surface area contributed by atoms with Gasteiger partial charge in [0.25, 0.3) is 0 Å². The van der Waals surface area contributed by atoms with Crippen molar-refractivity contribution in [2.45, 2.75) is 19.6 Å². The van der Waals surface area contributed by atoms with Gasteiger partial charge in [-0.3, -0.25) is 4.90 Å². The van der Waals surface area contributed by atoms with Crippen LogP contribution in [-0.2, 0) is 24.4 Å². The van der Waals surface area contributed by atoms with Gasteiger partial charge in [0.2, 0.25) is 0 Å². The third-order valence-electron chi connectivity index (χ3n) is 4.31. The molecule has 0 bridgehead atoms. The number of nitrogens with two attached hydrogens (primary N) is 1. The Hall–Kier alpha value is -1.58. The Kier molecular flexibility index (Phi) is 8.40. The average Bonchev–Trinajstić information content (AvgIpc) is 3.14. The van der Waals surface area contributed by atoms with Gasteiger partial charge in [-0.05, 0) is 30.3 Å². The van der Waals surface area contributed by atoms with Crippen molar-refractivity contribution in [3.63, 3.8) is 0 Å². The van der Waals surface area contributed by atoms with Gasteiger partial charge in [-0.25, -0.2) is 4.99 Å². The molecule has 1 fully saturated rings. The predicted octanol–water partition coefficient (Wildman–Crippen LogP) is 2.68. The summed E-state index contributed by atoms with van der Waals surface area (Å²) >= 11 is 0. The zero-order valence-corrected chi connectivity index (χ0v) is 17.5. The lowest BCUT2D eigenvalue weighted by molar-refractivity contribution is 0.0674. The standard InChI is InChI=1S/C19H26N4O2.HI/c1-22(15-18-7-4-10-25-18)14-17-6-3-2-5-16(17)13-21-19(20)23-8-11-24-12-9-23;/h2-7,10H,8-9,11-15H2,1H3,(H2,20,21);1H. The van der Waals surface area contributed by atoms with Crippen molar-refractivity contribution < 1.29 is 9.15 Å². The molecule has 2 heterocycles. The first kappa shape index (κ1) is 20.7. The van der Waals surface area contributed by atoms with Crippen LogP contribution in [0.15, 0.2) is 52.1 Å². The number of rotatable bonds is 6. The first-order valence-electron chi connectivity index (χ1n) is 8.62. The Morgan fingerprint density at radius 3 is 2.54 bits per heavy atom. The maximum atomic E-state index is 6.14. The number of ether oxygens (including phenoxy) is 1. The Morgan fingerprint density at radius 2 is 1.85 bits per heavy atom. The molecule has 2 aromatic rings. The van der Waals surface area contributed by atoms with Crippen LogP contribution in [-0.4, -0.2) is 49.1 Å². The highest BCUT2D eigenvalue weighted by Gasteiger charge is 2.12. The van der Waals surface area contributed by atoms with Crippen LogP contribution in [0, 0.1) is 0 Å². The Bertz CT molecular complexity index is 685. The monoisotopic (exact) mass is 470 g/mol. The summed E-state index contributed by atoms with van der Waals surface area (Å²) in [6, 6.07) is 12.3. The average molecular weight is 470 g/mol. The topological polar surface area (TPSA) is 67.2 Å². The second kappa shape index (κ2) is 10.5. The molecule has 1 aliphatic heterocycles. The number of nitrogens with zero attached hydrogens (tertiary/aromatic N) is 3. The minimum Gasteiger partial charge on any atom is -0.468 e. The Labute approximate surface area is 172 Å². The van der Waals surface area contributed by atoms with E-state index in [0.717, 1.165) is 31.9 Å². The van der Waals surface area contributed by atoms with E-state index in [0.29, 0.717) is 25.7 Å². The summed E-state index contributed by atoms with van der Waals surface area (Å²) in [5, 5.41) is 0. The molecule has 0 atom stereocenters. The van der Waals surface area contributed by atoms with Crippen LogP contribution in [0.4, 0.5) is 0 Å². The molecule has 1 aromatic carbocycles. The number of hydrogen-bond acceptors (Lipinski definition) is 4. The van der Waals surface area contributed by atoms with Gasteiger partial charge in [0, 0.05) is 19.6 Å². The summed E-state index contributed by atoms with van der Waals surface area (Å²) in [5.41, 5.74) is 8.59. The van der Waals surface area contributed by atoms with E-state index >= 15 is 0 Å². The summed E-state index contributed by atoms with van der Waals surface area (Å²) in [7, 11) is 2.09. The quantitative estimate of drug-likeness (QED) is 0.400. The lowest BCUT2D eigenvalue weighted by Gasteiger charge is -2.27. The second-order valence-corrected chi connectivity index (χ2v) is 6.29. The molecule has 1 aliphatic rings. The van der Waals surface area contributed by atoms with E-state index in [-0.39, 0.29) is 24.0 Å². The van der Waals surface area contributed by atoms with Gasteiger partial charge in [0.05, 0.1) is 32.6 Å². The molecule has 0 saturated carbocycles. The third kappa shape index (κ3) is 6.00. The largest absolute Gasteiger partial charge is 0.468 e. The Morgan fingerprint density at radius 1 is 1.12 bits per heavy atom. The van der Waals surface area contributed by atoms with Crippen LogP contribution in [0.5, 0.6) is 0 Å². The minimum atomic E-state index is 0. The van der Waals surface area contributed by atoms with Gasteiger partial charge in [-0.2, -0.15) is 0 Å². The SMILES string of the molecule is CN(Cc1ccco1)Cc1ccccc1CN=C(N)N1CCOCC1.I. The van der Waals surface area contributed by atoms with Gasteiger partial charge in [-0.1, -0.05) is 24.3 Å². The fourth-order valence-electron chi connectivity index (χ4n) is 2.94. The van der Waals surface area contributed by atoms with Gasteiger partial charge in [-0.15, -0.1) is 24.0 Å². The Balaban J connectivity index is 0.00000243. The van der Waals surface area contributed by atoms with Gasteiger partial charge in [0.15, 0.2) is 5.96 Å². The molecule has 3 rings (SSSR count). The highest BCUT2D eigenvalue weighted by atomic mass is 127. The molecule has 6 nitrogen and oxygen atoms in total. The first-order valence-corrected chi connectivity index (χ1v) is 8.62. The van der Waals surface area contributed by atoms with Crippen LogP contribution in [0.2, 0.25) is 0 Å². The number of hydrogen-bond donors (Lipinski definition) is 1. The molecule has 0 unspecified atom stereocenters. The molecule has 2 N–H and O–H groups in total. The van der Waals surface area contributed by atoms with Gasteiger partial charge < -0.3 is 19.8 Å². The summed E-state index contributed by atoms with van der Waals surface area (Å²) in [6.07, 6.45) is 1.71. The van der Waals surface area contributed by atoms with E-state index in [4.69, 9.17) is 14.9 Å². The van der Waals surface area contributed by atoms with E-state index < -0.39 is 0 Å². The summed E-state index contributed by atoms with van der Waals surface area (Å²) in [6.45, 7) is 5.25. The van der Waals surface area contributed by atoms with Crippen LogP contribution in [0.1, 0.15) is 16.9 Å². The maximum absolute atomic E-state index is 6.14. The molecule has 26 heavy (non-hydrogen) atoms. The van der Waals surface area contributed by atoms with Crippen molar-refractivity contribution in [3.8, 4) is 0 Å². The smallest absolute Gasteiger partial charge is 0.191 e. The molecule has 0 aliphatic carbocycles. The minimum absolute atomic E-state index is 0. The molecule has 0 amide bonds. The first-order chi connectivity index (χ1) is 12.2. The third-order valence-corrected chi connectivity index (χ3v) is 4.31. The second-order valence-electron chi connectivity index (χ2n) is 6.29. The highest BCUT2D eigenvalue weighted by Crippen LogP contribution is 2.14. The summed E-state index contributed by atoms with van der Waals surface area (Å²) in [4.78, 5) is 8.90. The molecule has 0 spiro atoms. The normalized spacial score (nSPS) is 15.2. The van der Waals surface area contributed by atoms with Crippen molar-refractivity contribution in [3.05, 3.63) is 59.5 Å². The lowest BCUT2D eigenvalue weighted by Crippen LogP contribution is -2.44. The molecule has 7 heteroatoms. The number of aliphatic imine (C=N–C) groups is 1. The van der Waals surface area contributed by atoms with Crippen LogP contribution < -0.4 is 5.73 Å². The molecular weight excluding hydrogens is 443 g/mol. The fraction of sp³-hybridized carbons (Fsp3) is 0.421. The molecule has 1 saturated heterocycles. The van der Waals surface area contributed by atoms with Crippen molar-refractivity contribution in [2.24, 2.45) is 10.7 Å². The number of halogens is 1. The van der Waals surface area contributed by atoms with E-state index in [2.05, 4.69) is 40.0 Å². The van der Waals surface area contributed by atoms with Crippen molar-refractivity contribution in [2.75, 3.05) is 33.4 Å². The van der Waals surface area contributed by atoms with E-state index in [1.807, 2.05) is 18.2 Å². The zero-order chi connectivity index (χ0) is 17.5. The molecule has 0 radical (unpaired) electrons. The maximum Gasteiger partial charge on any atom is 0.191 e. The lowest BCUT2D eigenvalue weighted by atomic mass is 10.1. The number of furan rings is 1.